The monoisotopic (exact) mass is 357 g/mol. The van der Waals surface area contributed by atoms with Crippen molar-refractivity contribution >= 4 is 63.7 Å². The van der Waals surface area contributed by atoms with Crippen molar-refractivity contribution in [2.24, 2.45) is 0 Å². The van der Waals surface area contributed by atoms with E-state index in [0.29, 0.717) is 0 Å². The highest BCUT2D eigenvalue weighted by molar-refractivity contribution is 7.15. The van der Waals surface area contributed by atoms with Crippen LogP contribution in [0.3, 0.4) is 0 Å². The number of halogens is 4. The van der Waals surface area contributed by atoms with Crippen LogP contribution < -0.4 is 4.74 Å². The fraction of sp³-hybridized carbons (Fsp3) is 0. The number of aromatic nitrogens is 1. The Morgan fingerprint density at radius 2 is 1.79 bits per heavy atom. The summed E-state index contributed by atoms with van der Waals surface area (Å²) >= 11 is 24.0. The van der Waals surface area contributed by atoms with Crippen LogP contribution in [0.4, 0.5) is 0 Å². The van der Waals surface area contributed by atoms with Gasteiger partial charge in [-0.3, -0.25) is 0 Å². The molecule has 0 saturated heterocycles. The molecule has 1 aromatic carbocycles. The molecule has 0 saturated carbocycles. The Labute approximate surface area is 131 Å². The van der Waals surface area contributed by atoms with Crippen LogP contribution in [-0.4, -0.2) is 16.1 Å². The molecule has 0 atom stereocenters. The number of carbonyl (C=O) groups is 1. The van der Waals surface area contributed by atoms with Crippen LogP contribution in [0, 0.1) is 0 Å². The van der Waals surface area contributed by atoms with Crippen molar-refractivity contribution in [3.05, 3.63) is 37.2 Å². The molecule has 0 amide bonds. The SMILES string of the molecule is O=C(O)c1sc(Oc2cc(Cl)c(Cl)cc2Cl)nc1Cl. The van der Waals surface area contributed by atoms with Gasteiger partial charge >= 0.3 is 5.97 Å². The van der Waals surface area contributed by atoms with Crippen LogP contribution in [0.1, 0.15) is 9.67 Å². The summed E-state index contributed by atoms with van der Waals surface area (Å²) in [4.78, 5) is 14.5. The second-order valence-electron chi connectivity index (χ2n) is 3.20. The first-order valence-electron chi connectivity index (χ1n) is 4.60. The van der Waals surface area contributed by atoms with E-state index in [0.717, 1.165) is 11.3 Å². The van der Waals surface area contributed by atoms with Gasteiger partial charge in [0.1, 0.15) is 0 Å². The Kier molecular flexibility index (Phi) is 4.43. The van der Waals surface area contributed by atoms with Gasteiger partial charge < -0.3 is 9.84 Å². The number of hydrogen-bond acceptors (Lipinski definition) is 4. The van der Waals surface area contributed by atoms with Crippen molar-refractivity contribution in [1.29, 1.82) is 0 Å². The van der Waals surface area contributed by atoms with Gasteiger partial charge in [0.25, 0.3) is 5.19 Å². The fourth-order valence-electron chi connectivity index (χ4n) is 1.14. The number of carboxylic acid groups (broad SMARTS) is 1. The van der Waals surface area contributed by atoms with Crippen LogP contribution in [0.5, 0.6) is 10.9 Å². The lowest BCUT2D eigenvalue weighted by molar-refractivity contribution is 0.0702. The van der Waals surface area contributed by atoms with Gasteiger partial charge in [-0.2, -0.15) is 4.98 Å². The molecule has 4 nitrogen and oxygen atoms in total. The van der Waals surface area contributed by atoms with Crippen LogP contribution in [-0.2, 0) is 0 Å². The maximum atomic E-state index is 10.8. The highest BCUT2D eigenvalue weighted by atomic mass is 35.5. The minimum atomic E-state index is -1.18. The summed E-state index contributed by atoms with van der Waals surface area (Å²) in [5, 5.41) is 9.49. The van der Waals surface area contributed by atoms with Gasteiger partial charge in [-0.25, -0.2) is 4.79 Å². The molecule has 19 heavy (non-hydrogen) atoms. The van der Waals surface area contributed by atoms with Crippen LogP contribution in [0.25, 0.3) is 0 Å². The van der Waals surface area contributed by atoms with E-state index in [1.54, 1.807) is 0 Å². The molecule has 9 heteroatoms. The molecule has 0 spiro atoms. The molecule has 1 heterocycles. The average molecular weight is 359 g/mol. The molecule has 1 N–H and O–H groups in total. The third kappa shape index (κ3) is 3.24. The van der Waals surface area contributed by atoms with Gasteiger partial charge in [0, 0.05) is 6.07 Å². The minimum absolute atomic E-state index is 0.0442. The third-order valence-electron chi connectivity index (χ3n) is 1.93. The molecule has 0 bridgehead atoms. The molecule has 0 radical (unpaired) electrons. The van der Waals surface area contributed by atoms with Crippen LogP contribution in [0.15, 0.2) is 12.1 Å². The molecule has 0 unspecified atom stereocenters. The normalized spacial score (nSPS) is 10.5. The standard InChI is InChI=1S/C10H3Cl4NO3S/c11-3-1-5(13)6(2-4(3)12)18-10-15-8(14)7(19-10)9(16)17/h1-2H,(H,16,17). The van der Waals surface area contributed by atoms with Gasteiger partial charge in [0.05, 0.1) is 15.1 Å². The first-order chi connectivity index (χ1) is 8.88. The van der Waals surface area contributed by atoms with Gasteiger partial charge in [0.15, 0.2) is 15.8 Å². The van der Waals surface area contributed by atoms with Crippen LogP contribution >= 0.6 is 57.7 Å². The summed E-state index contributed by atoms with van der Waals surface area (Å²) in [6, 6.07) is 2.82. The zero-order chi connectivity index (χ0) is 14.2. The Morgan fingerprint density at radius 1 is 1.16 bits per heavy atom. The molecule has 0 fully saturated rings. The minimum Gasteiger partial charge on any atom is -0.477 e. The number of aromatic carboxylic acids is 1. The maximum absolute atomic E-state index is 10.8. The molecular formula is C10H3Cl4NO3S. The molecule has 2 aromatic rings. The lowest BCUT2D eigenvalue weighted by atomic mass is 10.3. The first kappa shape index (κ1) is 14.7. The number of rotatable bonds is 3. The lowest BCUT2D eigenvalue weighted by Crippen LogP contribution is -1.91. The maximum Gasteiger partial charge on any atom is 0.349 e. The van der Waals surface area contributed by atoms with E-state index >= 15 is 0 Å². The molecule has 0 aliphatic heterocycles. The zero-order valence-electron chi connectivity index (χ0n) is 8.79. The summed E-state index contributed by atoms with van der Waals surface area (Å²) in [6.45, 7) is 0. The zero-order valence-corrected chi connectivity index (χ0v) is 12.6. The molecule has 0 aliphatic carbocycles. The van der Waals surface area contributed by atoms with E-state index in [9.17, 15) is 4.79 Å². The smallest absolute Gasteiger partial charge is 0.349 e. The molecule has 0 aliphatic rings. The molecular weight excluding hydrogens is 356 g/mol. The summed E-state index contributed by atoms with van der Waals surface area (Å²) in [5.41, 5.74) is 0. The van der Waals surface area contributed by atoms with E-state index in [1.807, 2.05) is 0 Å². The van der Waals surface area contributed by atoms with Crippen molar-refractivity contribution < 1.29 is 14.6 Å². The second-order valence-corrected chi connectivity index (χ2v) is 5.74. The lowest BCUT2D eigenvalue weighted by Gasteiger charge is -2.05. The van der Waals surface area contributed by atoms with Gasteiger partial charge in [-0.1, -0.05) is 57.7 Å². The summed E-state index contributed by atoms with van der Waals surface area (Å²) < 4.78 is 5.34. The quantitative estimate of drug-likeness (QED) is 0.761. The highest BCUT2D eigenvalue weighted by Gasteiger charge is 2.18. The topological polar surface area (TPSA) is 59.4 Å². The van der Waals surface area contributed by atoms with Crippen molar-refractivity contribution in [2.75, 3.05) is 0 Å². The number of nitrogens with zero attached hydrogens (tertiary/aromatic N) is 1. The Hall–Kier alpha value is -0.720. The fourth-order valence-corrected chi connectivity index (χ4v) is 2.69. The van der Waals surface area contributed by atoms with Gasteiger partial charge in [-0.15, -0.1) is 0 Å². The van der Waals surface area contributed by atoms with Crippen LogP contribution in [0.2, 0.25) is 20.2 Å². The largest absolute Gasteiger partial charge is 0.477 e. The van der Waals surface area contributed by atoms with Gasteiger partial charge in [-0.05, 0) is 6.07 Å². The van der Waals surface area contributed by atoms with Crippen molar-refractivity contribution in [2.45, 2.75) is 0 Å². The summed E-state index contributed by atoms with van der Waals surface area (Å²) in [7, 11) is 0. The number of carboxylic acids is 1. The molecule has 2 rings (SSSR count). The van der Waals surface area contributed by atoms with Crippen molar-refractivity contribution in [1.82, 2.24) is 4.98 Å². The summed E-state index contributed by atoms with van der Waals surface area (Å²) in [6.07, 6.45) is 0. The average Bonchev–Trinajstić information content (AvgIpc) is 2.67. The molecule has 100 valence electrons. The van der Waals surface area contributed by atoms with Crippen molar-refractivity contribution in [3.8, 4) is 10.9 Å². The van der Waals surface area contributed by atoms with E-state index in [-0.39, 0.29) is 36.0 Å². The van der Waals surface area contributed by atoms with E-state index in [4.69, 9.17) is 56.2 Å². The summed E-state index contributed by atoms with van der Waals surface area (Å²) in [5.74, 6) is -0.976. The number of benzene rings is 1. The second kappa shape index (κ2) is 5.73. The predicted octanol–water partition coefficient (Wildman–Crippen LogP) is 5.25. The van der Waals surface area contributed by atoms with E-state index in [2.05, 4.69) is 4.98 Å². The number of ether oxygens (including phenoxy) is 1. The first-order valence-corrected chi connectivity index (χ1v) is 6.93. The molecule has 1 aromatic heterocycles. The number of thiazole rings is 1. The van der Waals surface area contributed by atoms with Gasteiger partial charge in [0.2, 0.25) is 0 Å². The highest BCUT2D eigenvalue weighted by Crippen LogP contribution is 2.38. The Bertz CT molecular complexity index is 658. The Morgan fingerprint density at radius 3 is 2.37 bits per heavy atom. The van der Waals surface area contributed by atoms with E-state index < -0.39 is 5.97 Å². The third-order valence-corrected chi connectivity index (χ3v) is 4.26. The van der Waals surface area contributed by atoms with E-state index in [1.165, 1.54) is 12.1 Å². The number of hydrogen-bond donors (Lipinski definition) is 1. The predicted molar refractivity (Wildman–Crippen MR) is 75.6 cm³/mol. The van der Waals surface area contributed by atoms with Crippen molar-refractivity contribution in [3.63, 3.8) is 0 Å². The Balaban J connectivity index is 2.34.